The van der Waals surface area contributed by atoms with Crippen molar-refractivity contribution in [1.82, 2.24) is 9.88 Å². The molecule has 2 aliphatic rings. The van der Waals surface area contributed by atoms with Crippen LogP contribution in [0.5, 0.6) is 5.75 Å². The Bertz CT molecular complexity index is 928. The summed E-state index contributed by atoms with van der Waals surface area (Å²) < 4.78 is 5.13. The first-order valence-corrected chi connectivity index (χ1v) is 10.6. The highest BCUT2D eigenvalue weighted by Gasteiger charge is 2.36. The van der Waals surface area contributed by atoms with Crippen LogP contribution in [0, 0.1) is 0 Å². The van der Waals surface area contributed by atoms with Crippen molar-refractivity contribution in [3.05, 3.63) is 47.1 Å². The van der Waals surface area contributed by atoms with Crippen LogP contribution in [0.2, 0.25) is 5.02 Å². The van der Waals surface area contributed by atoms with E-state index < -0.39 is 0 Å². The molecule has 0 unspecified atom stereocenters. The number of carbonyl (C=O) groups is 2. The lowest BCUT2D eigenvalue weighted by atomic mass is 10.1. The molecular weight excluding hydrogens is 404 g/mol. The van der Waals surface area contributed by atoms with Crippen molar-refractivity contribution in [3.8, 4) is 5.75 Å². The summed E-state index contributed by atoms with van der Waals surface area (Å²) >= 11 is 6.11. The number of nitrogens with one attached hydrogen (secondary N) is 1. The fourth-order valence-corrected chi connectivity index (χ4v) is 4.43. The van der Waals surface area contributed by atoms with Gasteiger partial charge in [-0.1, -0.05) is 30.5 Å². The standard InChI is InChI=1S/C22H25ClN4O3/c1-30-19-8-6-15(12-18(19)23)13-21(28)25-16-7-9-20(24-14-16)27-11-10-26(22(27)29)17-4-2-3-5-17/h6-9,12,14,17H,2-5,10-11,13H2,1H3,(H,25,28). The zero-order valence-corrected chi connectivity index (χ0v) is 17.7. The van der Waals surface area contributed by atoms with Crippen LogP contribution < -0.4 is 15.0 Å². The molecule has 2 heterocycles. The third-order valence-electron chi connectivity index (χ3n) is 5.70. The molecule has 158 valence electrons. The van der Waals surface area contributed by atoms with Gasteiger partial charge in [0, 0.05) is 19.1 Å². The first-order valence-electron chi connectivity index (χ1n) is 10.2. The lowest BCUT2D eigenvalue weighted by Gasteiger charge is -2.23. The predicted octanol–water partition coefficient (Wildman–Crippen LogP) is 4.11. The van der Waals surface area contributed by atoms with Gasteiger partial charge in [-0.15, -0.1) is 0 Å². The molecule has 1 saturated heterocycles. The SMILES string of the molecule is COc1ccc(CC(=O)Nc2ccc(N3CCN(C4CCCC4)C3=O)nc2)cc1Cl. The lowest BCUT2D eigenvalue weighted by Crippen LogP contribution is -2.38. The van der Waals surface area contributed by atoms with Crippen molar-refractivity contribution >= 4 is 35.0 Å². The molecule has 30 heavy (non-hydrogen) atoms. The Kier molecular flexibility index (Phi) is 6.08. The molecule has 0 bridgehead atoms. The van der Waals surface area contributed by atoms with E-state index in [0.29, 0.717) is 34.9 Å². The Labute approximate surface area is 181 Å². The Hall–Kier alpha value is -2.80. The Morgan fingerprint density at radius 1 is 1.23 bits per heavy atom. The van der Waals surface area contributed by atoms with E-state index in [1.54, 1.807) is 48.5 Å². The monoisotopic (exact) mass is 428 g/mol. The summed E-state index contributed by atoms with van der Waals surface area (Å²) in [6.07, 6.45) is 6.36. The predicted molar refractivity (Wildman–Crippen MR) is 116 cm³/mol. The topological polar surface area (TPSA) is 74.8 Å². The molecule has 1 aliphatic heterocycles. The molecule has 2 aromatic rings. The zero-order valence-electron chi connectivity index (χ0n) is 16.9. The van der Waals surface area contributed by atoms with Gasteiger partial charge < -0.3 is 15.0 Å². The van der Waals surface area contributed by atoms with Gasteiger partial charge in [0.15, 0.2) is 0 Å². The van der Waals surface area contributed by atoms with Crippen molar-refractivity contribution in [2.45, 2.75) is 38.1 Å². The van der Waals surface area contributed by atoms with E-state index in [0.717, 1.165) is 24.9 Å². The quantitative estimate of drug-likeness (QED) is 0.751. The lowest BCUT2D eigenvalue weighted by molar-refractivity contribution is -0.115. The van der Waals surface area contributed by atoms with E-state index in [9.17, 15) is 9.59 Å². The summed E-state index contributed by atoms with van der Waals surface area (Å²) in [5.41, 5.74) is 1.38. The van der Waals surface area contributed by atoms with Gasteiger partial charge in [-0.05, 0) is 42.7 Å². The third kappa shape index (κ3) is 4.36. The highest BCUT2D eigenvalue weighted by Crippen LogP contribution is 2.29. The van der Waals surface area contributed by atoms with E-state index in [1.165, 1.54) is 12.8 Å². The van der Waals surface area contributed by atoms with Crippen LogP contribution >= 0.6 is 11.6 Å². The van der Waals surface area contributed by atoms with E-state index >= 15 is 0 Å². The first-order chi connectivity index (χ1) is 14.5. The van der Waals surface area contributed by atoms with Gasteiger partial charge in [-0.2, -0.15) is 0 Å². The van der Waals surface area contributed by atoms with Crippen LogP contribution in [0.4, 0.5) is 16.3 Å². The second-order valence-electron chi connectivity index (χ2n) is 7.66. The molecule has 8 heteroatoms. The summed E-state index contributed by atoms with van der Waals surface area (Å²) in [4.78, 5) is 33.2. The molecule has 2 fully saturated rings. The van der Waals surface area contributed by atoms with E-state index in [2.05, 4.69) is 10.3 Å². The maximum absolute atomic E-state index is 12.8. The van der Waals surface area contributed by atoms with Crippen LogP contribution in [0.25, 0.3) is 0 Å². The summed E-state index contributed by atoms with van der Waals surface area (Å²) in [6, 6.07) is 9.21. The molecule has 1 aliphatic carbocycles. The summed E-state index contributed by atoms with van der Waals surface area (Å²) in [5, 5.41) is 3.30. The van der Waals surface area contributed by atoms with Crippen LogP contribution in [0.3, 0.4) is 0 Å². The number of hydrogen-bond donors (Lipinski definition) is 1. The van der Waals surface area contributed by atoms with Gasteiger partial charge in [0.05, 0.1) is 30.4 Å². The van der Waals surface area contributed by atoms with Gasteiger partial charge in [0.1, 0.15) is 11.6 Å². The molecule has 0 atom stereocenters. The smallest absolute Gasteiger partial charge is 0.326 e. The fraction of sp³-hybridized carbons (Fsp3) is 0.409. The Balaban J connectivity index is 1.35. The number of methoxy groups -OCH3 is 1. The highest BCUT2D eigenvalue weighted by molar-refractivity contribution is 6.32. The summed E-state index contributed by atoms with van der Waals surface area (Å²) in [6.45, 7) is 1.39. The molecular formula is C22H25ClN4O3. The molecule has 1 aromatic heterocycles. The minimum Gasteiger partial charge on any atom is -0.495 e. The molecule has 7 nitrogen and oxygen atoms in total. The Morgan fingerprint density at radius 3 is 2.70 bits per heavy atom. The number of pyridine rings is 1. The molecule has 3 amide bonds. The number of urea groups is 1. The van der Waals surface area contributed by atoms with Gasteiger partial charge >= 0.3 is 6.03 Å². The van der Waals surface area contributed by atoms with Crippen LogP contribution in [-0.4, -0.2) is 48.1 Å². The van der Waals surface area contributed by atoms with Gasteiger partial charge in [0.25, 0.3) is 0 Å². The number of halogens is 1. The number of nitrogens with zero attached hydrogens (tertiary/aromatic N) is 3. The third-order valence-corrected chi connectivity index (χ3v) is 5.99. The molecule has 1 N–H and O–H groups in total. The van der Waals surface area contributed by atoms with Crippen molar-refractivity contribution in [2.24, 2.45) is 0 Å². The van der Waals surface area contributed by atoms with Crippen LogP contribution in [-0.2, 0) is 11.2 Å². The normalized spacial score (nSPS) is 16.9. The minimum absolute atomic E-state index is 0.0302. The average Bonchev–Trinajstić information content (AvgIpc) is 3.38. The molecule has 4 rings (SSSR count). The number of hydrogen-bond acceptors (Lipinski definition) is 4. The van der Waals surface area contributed by atoms with Gasteiger partial charge in [-0.25, -0.2) is 9.78 Å². The number of benzene rings is 1. The molecule has 0 radical (unpaired) electrons. The zero-order chi connectivity index (χ0) is 21.1. The molecule has 1 saturated carbocycles. The van der Waals surface area contributed by atoms with E-state index in [4.69, 9.17) is 16.3 Å². The molecule has 0 spiro atoms. The number of rotatable bonds is 6. The van der Waals surface area contributed by atoms with Crippen molar-refractivity contribution < 1.29 is 14.3 Å². The number of anilines is 2. The average molecular weight is 429 g/mol. The van der Waals surface area contributed by atoms with Crippen LogP contribution in [0.1, 0.15) is 31.2 Å². The number of carbonyl (C=O) groups excluding carboxylic acids is 2. The van der Waals surface area contributed by atoms with Gasteiger partial charge in [0.2, 0.25) is 5.91 Å². The van der Waals surface area contributed by atoms with Gasteiger partial charge in [-0.3, -0.25) is 9.69 Å². The summed E-state index contributed by atoms with van der Waals surface area (Å²) in [5.74, 6) is 1.01. The maximum atomic E-state index is 12.8. The van der Waals surface area contributed by atoms with E-state index in [-0.39, 0.29) is 18.4 Å². The fourth-order valence-electron chi connectivity index (χ4n) is 4.15. The molecule has 1 aromatic carbocycles. The number of amides is 3. The highest BCUT2D eigenvalue weighted by atomic mass is 35.5. The van der Waals surface area contributed by atoms with Crippen molar-refractivity contribution in [3.63, 3.8) is 0 Å². The maximum Gasteiger partial charge on any atom is 0.326 e. The second-order valence-corrected chi connectivity index (χ2v) is 8.07. The minimum atomic E-state index is -0.171. The first kappa shape index (κ1) is 20.5. The van der Waals surface area contributed by atoms with E-state index in [1.807, 2.05) is 4.90 Å². The summed E-state index contributed by atoms with van der Waals surface area (Å²) in [7, 11) is 1.55. The Morgan fingerprint density at radius 2 is 2.03 bits per heavy atom. The van der Waals surface area contributed by atoms with Crippen molar-refractivity contribution in [1.29, 1.82) is 0 Å². The second kappa shape index (κ2) is 8.92. The number of aromatic nitrogens is 1. The van der Waals surface area contributed by atoms with Crippen LogP contribution in [0.15, 0.2) is 36.5 Å². The largest absolute Gasteiger partial charge is 0.495 e. The number of ether oxygens (including phenoxy) is 1. The van der Waals surface area contributed by atoms with Crippen molar-refractivity contribution in [2.75, 3.05) is 30.4 Å².